The number of likely N-dealkylation sites (N-methyl/N-ethyl adjacent to an activating group) is 1. The molecule has 0 spiro atoms. The first-order valence-corrected chi connectivity index (χ1v) is 17.2. The number of fused-ring (bicyclic) bond motifs is 2. The maximum Gasteiger partial charge on any atom is 0.410 e. The summed E-state index contributed by atoms with van der Waals surface area (Å²) in [6, 6.07) is 10.4. The molecule has 0 bridgehead atoms. The fraction of sp³-hybridized carbons (Fsp3) is 0.553. The van der Waals surface area contributed by atoms with Crippen LogP contribution in [0.15, 0.2) is 42.5 Å². The van der Waals surface area contributed by atoms with Crippen LogP contribution in [0, 0.1) is 5.41 Å². The van der Waals surface area contributed by atoms with Crippen LogP contribution in [0.3, 0.4) is 0 Å². The van der Waals surface area contributed by atoms with Gasteiger partial charge in [0.1, 0.15) is 29.5 Å². The van der Waals surface area contributed by atoms with Gasteiger partial charge < -0.3 is 29.7 Å². The molecule has 12 nitrogen and oxygen atoms in total. The van der Waals surface area contributed by atoms with Crippen LogP contribution in [-0.4, -0.2) is 84.1 Å². The molecule has 0 saturated carbocycles. The zero-order valence-corrected chi connectivity index (χ0v) is 30.8. The van der Waals surface area contributed by atoms with Gasteiger partial charge in [0, 0.05) is 20.0 Å². The van der Waals surface area contributed by atoms with Gasteiger partial charge in [0.2, 0.25) is 17.7 Å². The maximum absolute atomic E-state index is 14.7. The van der Waals surface area contributed by atoms with E-state index in [1.165, 1.54) is 29.5 Å². The summed E-state index contributed by atoms with van der Waals surface area (Å²) in [5, 5.41) is 6.13. The van der Waals surface area contributed by atoms with Crippen molar-refractivity contribution in [2.45, 2.75) is 110 Å². The number of aryl methyl sites for hydroxylation is 1. The molecule has 2 aromatic carbocycles. The smallest absolute Gasteiger partial charge is 0.410 e. The summed E-state index contributed by atoms with van der Waals surface area (Å²) >= 11 is 0. The lowest BCUT2D eigenvalue weighted by atomic mass is 9.83. The Labute approximate surface area is 295 Å². The van der Waals surface area contributed by atoms with Crippen LogP contribution in [-0.2, 0) is 48.0 Å². The van der Waals surface area contributed by atoms with Gasteiger partial charge in [-0.15, -0.1) is 0 Å². The Kier molecular flexibility index (Phi) is 11.9. The van der Waals surface area contributed by atoms with Crippen LogP contribution in [0.2, 0.25) is 0 Å². The minimum absolute atomic E-state index is 0.0682. The molecule has 12 heteroatoms. The third-order valence-corrected chi connectivity index (χ3v) is 9.21. The predicted octanol–water partition coefficient (Wildman–Crippen LogP) is 4.47. The number of hydrogen-bond acceptors (Lipinski definition) is 8. The molecule has 2 aromatic rings. The van der Waals surface area contributed by atoms with Crippen molar-refractivity contribution in [3.8, 4) is 5.75 Å². The van der Waals surface area contributed by atoms with Gasteiger partial charge in [-0.05, 0) is 86.8 Å². The molecule has 0 unspecified atom stereocenters. The molecule has 50 heavy (non-hydrogen) atoms. The molecule has 272 valence electrons. The minimum atomic E-state index is -1.05. The topological polar surface area (TPSA) is 144 Å². The summed E-state index contributed by atoms with van der Waals surface area (Å²) in [4.78, 5) is 69.7. The lowest BCUT2D eigenvalue weighted by Gasteiger charge is -2.42. The molecule has 0 radical (unpaired) electrons. The van der Waals surface area contributed by atoms with Crippen molar-refractivity contribution in [2.24, 2.45) is 5.41 Å². The molecule has 4 atom stereocenters. The molecular formula is C38H52N4O8. The van der Waals surface area contributed by atoms with Gasteiger partial charge in [-0.3, -0.25) is 19.3 Å². The fourth-order valence-electron chi connectivity index (χ4n) is 6.23. The van der Waals surface area contributed by atoms with Crippen molar-refractivity contribution >= 4 is 29.8 Å². The molecule has 4 amide bonds. The number of ether oxygens (including phenoxy) is 3. The third kappa shape index (κ3) is 9.34. The first-order chi connectivity index (χ1) is 23.4. The Morgan fingerprint density at radius 1 is 0.980 bits per heavy atom. The second-order valence-electron chi connectivity index (χ2n) is 15.2. The second-order valence-corrected chi connectivity index (χ2v) is 15.2. The SMILES string of the molecule is COC(=O)COc1ccc2c(c1)CN(C(=O)[C@@H](NC(=O)[C@H](C)N(C)C(=O)OC(C)(C)C)C(C)(C)C)[C@H](C(=O)N[C@@H]1CCCc3ccccc31)C2. The van der Waals surface area contributed by atoms with Crippen molar-refractivity contribution in [3.05, 3.63) is 64.7 Å². The summed E-state index contributed by atoms with van der Waals surface area (Å²) in [7, 11) is 2.75. The summed E-state index contributed by atoms with van der Waals surface area (Å²) in [6.07, 6.45) is 2.23. The molecule has 0 saturated heterocycles. The highest BCUT2D eigenvalue weighted by molar-refractivity contribution is 5.94. The lowest BCUT2D eigenvalue weighted by Crippen LogP contribution is -2.62. The normalized spacial score (nSPS) is 18.4. The summed E-state index contributed by atoms with van der Waals surface area (Å²) < 4.78 is 15.8. The van der Waals surface area contributed by atoms with Crippen LogP contribution in [0.4, 0.5) is 4.79 Å². The van der Waals surface area contributed by atoms with E-state index in [0.717, 1.165) is 36.0 Å². The van der Waals surface area contributed by atoms with Gasteiger partial charge in [0.05, 0.1) is 13.2 Å². The Morgan fingerprint density at radius 2 is 1.68 bits per heavy atom. The lowest BCUT2D eigenvalue weighted by molar-refractivity contribution is -0.147. The number of benzene rings is 2. The van der Waals surface area contributed by atoms with Crippen molar-refractivity contribution < 1.29 is 38.2 Å². The van der Waals surface area contributed by atoms with Crippen LogP contribution < -0.4 is 15.4 Å². The third-order valence-electron chi connectivity index (χ3n) is 9.21. The molecule has 2 aliphatic rings. The zero-order valence-electron chi connectivity index (χ0n) is 30.8. The van der Waals surface area contributed by atoms with E-state index in [0.29, 0.717) is 5.75 Å². The highest BCUT2D eigenvalue weighted by Gasteiger charge is 2.43. The summed E-state index contributed by atoms with van der Waals surface area (Å²) in [6.45, 7) is 12.1. The highest BCUT2D eigenvalue weighted by atomic mass is 16.6. The first-order valence-electron chi connectivity index (χ1n) is 17.2. The standard InChI is InChI=1S/C38H52N4O8/c1-23(41(8)36(47)50-38(5,6)7)33(44)40-32(37(2,3)4)35(46)42-21-26-19-27(49-22-31(43)48-9)18-17-25(26)20-30(42)34(45)39-29-16-12-14-24-13-10-11-15-28(24)29/h10-11,13,15,17-19,23,29-30,32H,12,14,16,20-22H2,1-9H3,(H,39,45)(H,40,44)/t23-,29+,30-,32+/m0/s1. The van der Waals surface area contributed by atoms with Crippen molar-refractivity contribution in [2.75, 3.05) is 20.8 Å². The van der Waals surface area contributed by atoms with Crippen LogP contribution in [0.5, 0.6) is 5.75 Å². The van der Waals surface area contributed by atoms with Crippen LogP contribution in [0.25, 0.3) is 0 Å². The number of methoxy groups -OCH3 is 1. The van der Waals surface area contributed by atoms with E-state index < -0.39 is 53.0 Å². The van der Waals surface area contributed by atoms with E-state index in [2.05, 4.69) is 21.4 Å². The van der Waals surface area contributed by atoms with Crippen molar-refractivity contribution in [1.29, 1.82) is 0 Å². The summed E-state index contributed by atoms with van der Waals surface area (Å²) in [5.41, 5.74) is 2.38. The Bertz CT molecular complexity index is 1590. The molecular weight excluding hydrogens is 640 g/mol. The number of carbonyl (C=O) groups is 5. The van der Waals surface area contributed by atoms with Gasteiger partial charge in [-0.1, -0.05) is 51.1 Å². The molecule has 2 N–H and O–H groups in total. The minimum Gasteiger partial charge on any atom is -0.482 e. The van der Waals surface area contributed by atoms with E-state index in [4.69, 9.17) is 9.47 Å². The molecule has 1 heterocycles. The van der Waals surface area contributed by atoms with Gasteiger partial charge in [-0.25, -0.2) is 9.59 Å². The van der Waals surface area contributed by atoms with E-state index in [9.17, 15) is 24.0 Å². The van der Waals surface area contributed by atoms with Crippen LogP contribution in [0.1, 0.15) is 89.6 Å². The largest absolute Gasteiger partial charge is 0.482 e. The van der Waals surface area contributed by atoms with Gasteiger partial charge in [0.25, 0.3) is 0 Å². The van der Waals surface area contributed by atoms with Gasteiger partial charge >= 0.3 is 12.1 Å². The Hall–Kier alpha value is -4.61. The first kappa shape index (κ1) is 38.2. The average molecular weight is 693 g/mol. The number of nitrogens with zero attached hydrogens (tertiary/aromatic N) is 2. The number of nitrogens with one attached hydrogen (secondary N) is 2. The zero-order chi connectivity index (χ0) is 37.0. The van der Waals surface area contributed by atoms with Gasteiger partial charge in [0.15, 0.2) is 6.61 Å². The number of esters is 1. The van der Waals surface area contributed by atoms with E-state index >= 15 is 0 Å². The number of rotatable bonds is 9. The fourth-order valence-corrected chi connectivity index (χ4v) is 6.23. The van der Waals surface area contributed by atoms with E-state index in [1.807, 2.05) is 45.0 Å². The van der Waals surface area contributed by atoms with Crippen LogP contribution >= 0.6 is 0 Å². The Balaban J connectivity index is 1.64. The summed E-state index contributed by atoms with van der Waals surface area (Å²) in [5.74, 6) is -1.37. The average Bonchev–Trinajstić information content (AvgIpc) is 3.06. The quantitative estimate of drug-likeness (QED) is 0.367. The Morgan fingerprint density at radius 3 is 2.34 bits per heavy atom. The predicted molar refractivity (Wildman–Crippen MR) is 187 cm³/mol. The number of amides is 4. The van der Waals surface area contributed by atoms with E-state index in [1.54, 1.807) is 39.8 Å². The van der Waals surface area contributed by atoms with Crippen molar-refractivity contribution in [1.82, 2.24) is 20.4 Å². The second kappa shape index (κ2) is 15.5. The van der Waals surface area contributed by atoms with E-state index in [-0.39, 0.29) is 31.5 Å². The molecule has 4 rings (SSSR count). The number of hydrogen-bond donors (Lipinski definition) is 2. The molecule has 1 aliphatic heterocycles. The molecule has 1 aliphatic carbocycles. The van der Waals surface area contributed by atoms with Crippen molar-refractivity contribution in [3.63, 3.8) is 0 Å². The van der Waals surface area contributed by atoms with Gasteiger partial charge in [-0.2, -0.15) is 0 Å². The number of carbonyl (C=O) groups excluding carboxylic acids is 5. The molecule has 0 fully saturated rings. The highest BCUT2D eigenvalue weighted by Crippen LogP contribution is 2.33. The maximum atomic E-state index is 14.7. The molecule has 0 aromatic heterocycles. The monoisotopic (exact) mass is 692 g/mol.